The van der Waals surface area contributed by atoms with Crippen LogP contribution in [0.3, 0.4) is 0 Å². The van der Waals surface area contributed by atoms with Crippen molar-refractivity contribution >= 4 is 22.8 Å². The van der Waals surface area contributed by atoms with Crippen LogP contribution in [-0.2, 0) is 11.8 Å². The highest BCUT2D eigenvalue weighted by atomic mass is 16.4. The van der Waals surface area contributed by atoms with Gasteiger partial charge in [-0.1, -0.05) is 0 Å². The van der Waals surface area contributed by atoms with E-state index in [1.807, 2.05) is 17.7 Å². The van der Waals surface area contributed by atoms with Gasteiger partial charge >= 0.3 is 5.97 Å². The normalized spacial score (nSPS) is 14.8. The summed E-state index contributed by atoms with van der Waals surface area (Å²) in [6, 6.07) is 2.34. The number of carboxylic acid groups (broad SMARTS) is 1. The van der Waals surface area contributed by atoms with E-state index in [1.165, 1.54) is 0 Å². The molecule has 0 atom stereocenters. The molecule has 6 heteroatoms. The van der Waals surface area contributed by atoms with Gasteiger partial charge in [0.05, 0.1) is 18.3 Å². The van der Waals surface area contributed by atoms with Crippen LogP contribution in [0.1, 0.15) is 19.3 Å². The van der Waals surface area contributed by atoms with Crippen molar-refractivity contribution in [3.05, 3.63) is 18.6 Å². The number of imidazole rings is 1. The number of nitrogens with zero attached hydrogens (tertiary/aromatic N) is 4. The number of hydrogen-bond acceptors (Lipinski definition) is 4. The third-order valence-corrected chi connectivity index (χ3v) is 3.45. The van der Waals surface area contributed by atoms with Crippen LogP contribution in [0.15, 0.2) is 18.6 Å². The van der Waals surface area contributed by atoms with Crippen LogP contribution in [0.4, 0.5) is 5.82 Å². The molecule has 1 aliphatic rings. The maximum absolute atomic E-state index is 10.8. The summed E-state index contributed by atoms with van der Waals surface area (Å²) in [5.74, 6) is 0.0284. The van der Waals surface area contributed by atoms with E-state index in [0.29, 0.717) is 12.6 Å². The van der Waals surface area contributed by atoms with Crippen molar-refractivity contribution in [2.45, 2.75) is 25.3 Å². The molecule has 6 nitrogen and oxygen atoms in total. The summed E-state index contributed by atoms with van der Waals surface area (Å²) in [6.45, 7) is 0.489. The SMILES string of the molecule is Cn1cnc2c(N(CCC(=O)O)C3CC3)nccc21. The van der Waals surface area contributed by atoms with Crippen LogP contribution in [0.5, 0.6) is 0 Å². The lowest BCUT2D eigenvalue weighted by molar-refractivity contribution is -0.136. The van der Waals surface area contributed by atoms with E-state index in [2.05, 4.69) is 14.9 Å². The molecule has 3 rings (SSSR count). The van der Waals surface area contributed by atoms with Gasteiger partial charge in [-0.2, -0.15) is 0 Å². The van der Waals surface area contributed by atoms with Crippen molar-refractivity contribution in [3.63, 3.8) is 0 Å². The smallest absolute Gasteiger partial charge is 0.305 e. The quantitative estimate of drug-likeness (QED) is 0.880. The number of carboxylic acids is 1. The Hall–Kier alpha value is -2.11. The van der Waals surface area contributed by atoms with Crippen molar-refractivity contribution in [3.8, 4) is 0 Å². The van der Waals surface area contributed by atoms with Crippen LogP contribution in [0.25, 0.3) is 11.0 Å². The lowest BCUT2D eigenvalue weighted by Crippen LogP contribution is -2.29. The highest BCUT2D eigenvalue weighted by Crippen LogP contribution is 2.33. The highest BCUT2D eigenvalue weighted by Gasteiger charge is 2.31. The van der Waals surface area contributed by atoms with Gasteiger partial charge in [0.25, 0.3) is 0 Å². The van der Waals surface area contributed by atoms with Gasteiger partial charge in [0.1, 0.15) is 5.52 Å². The van der Waals surface area contributed by atoms with E-state index in [4.69, 9.17) is 5.11 Å². The van der Waals surface area contributed by atoms with Crippen LogP contribution in [0, 0.1) is 0 Å². The molecule has 1 aliphatic carbocycles. The summed E-state index contributed by atoms with van der Waals surface area (Å²) in [6.07, 6.45) is 5.85. The van der Waals surface area contributed by atoms with Crippen molar-refractivity contribution in [1.29, 1.82) is 0 Å². The minimum atomic E-state index is -0.779. The maximum Gasteiger partial charge on any atom is 0.305 e. The van der Waals surface area contributed by atoms with E-state index in [0.717, 1.165) is 29.7 Å². The number of aliphatic carboxylic acids is 1. The van der Waals surface area contributed by atoms with E-state index >= 15 is 0 Å². The summed E-state index contributed by atoms with van der Waals surface area (Å²) in [5, 5.41) is 8.86. The lowest BCUT2D eigenvalue weighted by atomic mass is 10.3. The zero-order chi connectivity index (χ0) is 13.4. The molecule has 0 aromatic carbocycles. The summed E-state index contributed by atoms with van der Waals surface area (Å²) in [5.41, 5.74) is 1.87. The minimum Gasteiger partial charge on any atom is -0.481 e. The van der Waals surface area contributed by atoms with E-state index in [9.17, 15) is 4.79 Å². The molecule has 2 aromatic rings. The van der Waals surface area contributed by atoms with Gasteiger partial charge in [0, 0.05) is 25.8 Å². The average molecular weight is 260 g/mol. The van der Waals surface area contributed by atoms with Gasteiger partial charge in [-0.25, -0.2) is 9.97 Å². The van der Waals surface area contributed by atoms with Crippen molar-refractivity contribution in [2.24, 2.45) is 7.05 Å². The van der Waals surface area contributed by atoms with Crippen LogP contribution in [0.2, 0.25) is 0 Å². The number of anilines is 1. The molecule has 0 aliphatic heterocycles. The lowest BCUT2D eigenvalue weighted by Gasteiger charge is -2.22. The fourth-order valence-corrected chi connectivity index (χ4v) is 2.32. The van der Waals surface area contributed by atoms with Gasteiger partial charge in [-0.15, -0.1) is 0 Å². The Morgan fingerprint density at radius 1 is 1.53 bits per heavy atom. The van der Waals surface area contributed by atoms with Crippen molar-refractivity contribution < 1.29 is 9.90 Å². The Morgan fingerprint density at radius 3 is 3.00 bits per heavy atom. The van der Waals surface area contributed by atoms with Crippen molar-refractivity contribution in [2.75, 3.05) is 11.4 Å². The molecule has 0 amide bonds. The van der Waals surface area contributed by atoms with Gasteiger partial charge < -0.3 is 14.6 Å². The number of carbonyl (C=O) groups is 1. The molecule has 0 spiro atoms. The zero-order valence-corrected chi connectivity index (χ0v) is 10.8. The largest absolute Gasteiger partial charge is 0.481 e. The second kappa shape index (κ2) is 4.53. The average Bonchev–Trinajstić information content (AvgIpc) is 3.15. The predicted molar refractivity (Wildman–Crippen MR) is 71.1 cm³/mol. The Balaban J connectivity index is 1.97. The summed E-state index contributed by atoms with van der Waals surface area (Å²) >= 11 is 0. The van der Waals surface area contributed by atoms with Crippen molar-refractivity contribution in [1.82, 2.24) is 14.5 Å². The first-order valence-electron chi connectivity index (χ1n) is 6.41. The number of fused-ring (bicyclic) bond motifs is 1. The monoisotopic (exact) mass is 260 g/mol. The van der Waals surface area contributed by atoms with E-state index in [1.54, 1.807) is 12.5 Å². The summed E-state index contributed by atoms with van der Waals surface area (Å²) in [4.78, 5) is 21.7. The fourth-order valence-electron chi connectivity index (χ4n) is 2.32. The fraction of sp³-hybridized carbons (Fsp3) is 0.462. The molecule has 1 N–H and O–H groups in total. The highest BCUT2D eigenvalue weighted by molar-refractivity contribution is 5.86. The van der Waals surface area contributed by atoms with Gasteiger partial charge in [0.2, 0.25) is 0 Å². The molecule has 19 heavy (non-hydrogen) atoms. The first-order valence-corrected chi connectivity index (χ1v) is 6.41. The zero-order valence-electron chi connectivity index (χ0n) is 10.8. The Morgan fingerprint density at radius 2 is 2.32 bits per heavy atom. The second-order valence-electron chi connectivity index (χ2n) is 4.93. The molecule has 0 radical (unpaired) electrons. The molecule has 1 saturated carbocycles. The molecule has 2 aromatic heterocycles. The number of aromatic nitrogens is 3. The molecule has 2 heterocycles. The molecule has 0 unspecified atom stereocenters. The topological polar surface area (TPSA) is 71.2 Å². The number of pyridine rings is 1. The minimum absolute atomic E-state index is 0.126. The molecular formula is C13H16N4O2. The maximum atomic E-state index is 10.8. The van der Waals surface area contributed by atoms with Gasteiger partial charge in [-0.3, -0.25) is 4.79 Å². The van der Waals surface area contributed by atoms with E-state index < -0.39 is 5.97 Å². The molecular weight excluding hydrogens is 244 g/mol. The van der Waals surface area contributed by atoms with Crippen LogP contribution < -0.4 is 4.90 Å². The molecule has 1 fully saturated rings. The number of aryl methyl sites for hydroxylation is 1. The third-order valence-electron chi connectivity index (χ3n) is 3.45. The predicted octanol–water partition coefficient (Wildman–Crippen LogP) is 1.41. The second-order valence-corrected chi connectivity index (χ2v) is 4.93. The Kier molecular flexibility index (Phi) is 2.85. The van der Waals surface area contributed by atoms with Gasteiger partial charge in [-0.05, 0) is 18.9 Å². The van der Waals surface area contributed by atoms with Crippen LogP contribution in [-0.4, -0.2) is 38.2 Å². The standard InChI is InChI=1S/C13H16N4O2/c1-16-8-15-12-10(16)4-6-14-13(12)17(9-2-3-9)7-5-11(18)19/h4,6,8-9H,2-3,5,7H2,1H3,(H,18,19). The summed E-state index contributed by atoms with van der Waals surface area (Å²) < 4.78 is 1.95. The third kappa shape index (κ3) is 2.25. The van der Waals surface area contributed by atoms with Crippen LogP contribution >= 0.6 is 0 Å². The first-order chi connectivity index (χ1) is 9.16. The first kappa shape index (κ1) is 12.0. The Bertz CT molecular complexity index is 618. The molecule has 0 saturated heterocycles. The summed E-state index contributed by atoms with van der Waals surface area (Å²) in [7, 11) is 1.94. The molecule has 100 valence electrons. The Labute approximate surface area is 110 Å². The van der Waals surface area contributed by atoms with Gasteiger partial charge in [0.15, 0.2) is 5.82 Å². The van der Waals surface area contributed by atoms with E-state index in [-0.39, 0.29) is 6.42 Å². The number of hydrogen-bond donors (Lipinski definition) is 1. The molecule has 0 bridgehead atoms. The number of rotatable bonds is 5.